The first-order valence-electron chi connectivity index (χ1n) is 8.29. The number of methoxy groups -OCH3 is 2. The second kappa shape index (κ2) is 7.81. The Morgan fingerprint density at radius 3 is 2.57 bits per heavy atom. The van der Waals surface area contributed by atoms with Gasteiger partial charge in [-0.2, -0.15) is 4.98 Å². The lowest BCUT2D eigenvalue weighted by Gasteiger charge is -2.07. The summed E-state index contributed by atoms with van der Waals surface area (Å²) in [5.74, 6) is 2.83. The number of benzene rings is 2. The van der Waals surface area contributed by atoms with Crippen molar-refractivity contribution in [3.05, 3.63) is 58.7 Å². The zero-order chi connectivity index (χ0) is 19.5. The quantitative estimate of drug-likeness (QED) is 0.439. The fraction of sp³-hybridized carbons (Fsp3) is 0.158. The van der Waals surface area contributed by atoms with Gasteiger partial charge in [0.15, 0.2) is 11.5 Å². The molecule has 8 nitrogen and oxygen atoms in total. The molecule has 0 saturated carbocycles. The van der Waals surface area contributed by atoms with E-state index in [1.54, 1.807) is 26.4 Å². The molecule has 142 valence electrons. The van der Waals surface area contributed by atoms with Crippen LogP contribution in [-0.2, 0) is 6.42 Å². The second-order valence-corrected chi connectivity index (χ2v) is 6.69. The highest BCUT2D eigenvalue weighted by atomic mass is 79.9. The van der Waals surface area contributed by atoms with Crippen LogP contribution in [0.2, 0.25) is 0 Å². The highest BCUT2D eigenvalue weighted by Crippen LogP contribution is 2.31. The van der Waals surface area contributed by atoms with E-state index in [4.69, 9.17) is 18.4 Å². The summed E-state index contributed by atoms with van der Waals surface area (Å²) in [6.07, 6.45) is 0.237. The molecule has 0 atom stereocenters. The third kappa shape index (κ3) is 3.74. The van der Waals surface area contributed by atoms with Crippen LogP contribution in [0.25, 0.3) is 22.8 Å². The monoisotopic (exact) mass is 442 g/mol. The Bertz CT molecular complexity index is 1110. The van der Waals surface area contributed by atoms with E-state index < -0.39 is 0 Å². The van der Waals surface area contributed by atoms with Crippen LogP contribution < -0.4 is 9.47 Å². The van der Waals surface area contributed by atoms with Crippen LogP contribution in [0.3, 0.4) is 0 Å². The smallest absolute Gasteiger partial charge is 0.247 e. The Morgan fingerprint density at radius 2 is 1.79 bits per heavy atom. The molecule has 4 rings (SSSR count). The van der Waals surface area contributed by atoms with Gasteiger partial charge >= 0.3 is 0 Å². The Kier molecular flexibility index (Phi) is 5.07. The first-order valence-corrected chi connectivity index (χ1v) is 9.09. The number of hydrogen-bond acceptors (Lipinski definition) is 8. The summed E-state index contributed by atoms with van der Waals surface area (Å²) in [4.78, 5) is 4.39. The molecule has 0 amide bonds. The first-order chi connectivity index (χ1) is 13.7. The molecular weight excluding hydrogens is 428 g/mol. The van der Waals surface area contributed by atoms with Gasteiger partial charge in [0, 0.05) is 15.6 Å². The molecule has 0 unspecified atom stereocenters. The van der Waals surface area contributed by atoms with Gasteiger partial charge in [-0.15, -0.1) is 10.2 Å². The Morgan fingerprint density at radius 1 is 0.929 bits per heavy atom. The molecule has 0 N–H and O–H groups in total. The highest BCUT2D eigenvalue weighted by molar-refractivity contribution is 9.10. The van der Waals surface area contributed by atoms with Crippen LogP contribution in [0.1, 0.15) is 11.8 Å². The summed E-state index contributed by atoms with van der Waals surface area (Å²) < 4.78 is 22.5. The molecule has 0 fully saturated rings. The van der Waals surface area contributed by atoms with Crippen molar-refractivity contribution in [2.45, 2.75) is 6.42 Å². The summed E-state index contributed by atoms with van der Waals surface area (Å²) in [6, 6.07) is 13.0. The summed E-state index contributed by atoms with van der Waals surface area (Å²) >= 11 is 3.42. The van der Waals surface area contributed by atoms with Gasteiger partial charge < -0.3 is 18.4 Å². The molecule has 0 saturated heterocycles. The van der Waals surface area contributed by atoms with Gasteiger partial charge in [-0.3, -0.25) is 0 Å². The van der Waals surface area contributed by atoms with Crippen molar-refractivity contribution in [3.8, 4) is 34.3 Å². The number of aromatic nitrogens is 4. The summed E-state index contributed by atoms with van der Waals surface area (Å²) in [5, 5.41) is 12.1. The average molecular weight is 443 g/mol. The minimum absolute atomic E-state index is 0.237. The molecule has 0 aliphatic rings. The van der Waals surface area contributed by atoms with Crippen molar-refractivity contribution in [3.63, 3.8) is 0 Å². The van der Waals surface area contributed by atoms with Crippen molar-refractivity contribution < 1.29 is 18.4 Å². The maximum atomic E-state index is 5.70. The highest BCUT2D eigenvalue weighted by Gasteiger charge is 2.16. The largest absolute Gasteiger partial charge is 0.493 e. The third-order valence-corrected chi connectivity index (χ3v) is 4.44. The van der Waals surface area contributed by atoms with Crippen molar-refractivity contribution in [1.29, 1.82) is 0 Å². The Hall–Kier alpha value is -3.20. The topological polar surface area (TPSA) is 96.3 Å². The molecule has 2 heterocycles. The predicted molar refractivity (Wildman–Crippen MR) is 103 cm³/mol. The molecular formula is C19H15BrN4O4. The predicted octanol–water partition coefficient (Wildman–Crippen LogP) is 4.16. The molecule has 2 aromatic carbocycles. The average Bonchev–Trinajstić information content (AvgIpc) is 3.37. The normalized spacial score (nSPS) is 10.8. The lowest BCUT2D eigenvalue weighted by molar-refractivity contribution is 0.355. The third-order valence-electron chi connectivity index (χ3n) is 3.95. The van der Waals surface area contributed by atoms with E-state index in [1.807, 2.05) is 30.3 Å². The van der Waals surface area contributed by atoms with E-state index in [1.165, 1.54) is 0 Å². The maximum Gasteiger partial charge on any atom is 0.247 e. The van der Waals surface area contributed by atoms with E-state index in [-0.39, 0.29) is 6.42 Å². The van der Waals surface area contributed by atoms with Gasteiger partial charge in [-0.25, -0.2) is 0 Å². The van der Waals surface area contributed by atoms with E-state index in [9.17, 15) is 0 Å². The van der Waals surface area contributed by atoms with Gasteiger partial charge in [-0.1, -0.05) is 27.2 Å². The summed E-state index contributed by atoms with van der Waals surface area (Å²) in [6.45, 7) is 0. The SMILES string of the molecule is COc1ccc(-c2noc(Cc3nnc(-c4cccc(Br)c4)o3)n2)cc1OC. The number of rotatable bonds is 6. The molecule has 28 heavy (non-hydrogen) atoms. The van der Waals surface area contributed by atoms with Crippen molar-refractivity contribution in [2.24, 2.45) is 0 Å². The van der Waals surface area contributed by atoms with Crippen LogP contribution in [0.15, 0.2) is 55.9 Å². The van der Waals surface area contributed by atoms with Crippen molar-refractivity contribution in [2.75, 3.05) is 14.2 Å². The molecule has 2 aromatic heterocycles. The summed E-state index contributed by atoms with van der Waals surface area (Å²) in [7, 11) is 3.15. The number of hydrogen-bond donors (Lipinski definition) is 0. The standard InChI is InChI=1S/C19H15BrN4O4/c1-25-14-7-6-11(9-15(14)26-2)18-21-16(28-24-18)10-17-22-23-19(27-17)12-4-3-5-13(20)8-12/h3-9H,10H2,1-2H3. The number of ether oxygens (including phenoxy) is 2. The number of nitrogens with zero attached hydrogens (tertiary/aromatic N) is 4. The number of halogens is 1. The molecule has 9 heteroatoms. The van der Waals surface area contributed by atoms with Crippen LogP contribution >= 0.6 is 15.9 Å². The van der Waals surface area contributed by atoms with E-state index in [0.717, 1.165) is 15.6 Å². The van der Waals surface area contributed by atoms with Crippen LogP contribution in [-0.4, -0.2) is 34.6 Å². The van der Waals surface area contributed by atoms with Gasteiger partial charge in [0.2, 0.25) is 23.5 Å². The fourth-order valence-electron chi connectivity index (χ4n) is 2.61. The van der Waals surface area contributed by atoms with Gasteiger partial charge in [0.05, 0.1) is 14.2 Å². The molecule has 0 aliphatic heterocycles. The molecule has 0 bridgehead atoms. The Balaban J connectivity index is 1.53. The minimum atomic E-state index is 0.237. The lowest BCUT2D eigenvalue weighted by atomic mass is 10.2. The fourth-order valence-corrected chi connectivity index (χ4v) is 3.01. The Labute approximate surface area is 168 Å². The van der Waals surface area contributed by atoms with Crippen LogP contribution in [0, 0.1) is 0 Å². The van der Waals surface area contributed by atoms with Crippen molar-refractivity contribution >= 4 is 15.9 Å². The maximum absolute atomic E-state index is 5.70. The van der Waals surface area contributed by atoms with Gasteiger partial charge in [-0.05, 0) is 36.4 Å². The zero-order valence-corrected chi connectivity index (χ0v) is 16.6. The zero-order valence-electron chi connectivity index (χ0n) is 15.0. The van der Waals surface area contributed by atoms with E-state index in [0.29, 0.717) is 35.0 Å². The summed E-state index contributed by atoms with van der Waals surface area (Å²) in [5.41, 5.74) is 1.57. The lowest BCUT2D eigenvalue weighted by Crippen LogP contribution is -1.92. The van der Waals surface area contributed by atoms with Gasteiger partial charge in [0.1, 0.15) is 6.42 Å². The van der Waals surface area contributed by atoms with Crippen LogP contribution in [0.5, 0.6) is 11.5 Å². The minimum Gasteiger partial charge on any atom is -0.493 e. The van der Waals surface area contributed by atoms with Crippen LogP contribution in [0.4, 0.5) is 0 Å². The molecule has 4 aromatic rings. The molecule has 0 radical (unpaired) electrons. The second-order valence-electron chi connectivity index (χ2n) is 5.77. The van der Waals surface area contributed by atoms with E-state index in [2.05, 4.69) is 36.3 Å². The van der Waals surface area contributed by atoms with Gasteiger partial charge in [0.25, 0.3) is 0 Å². The van der Waals surface area contributed by atoms with E-state index >= 15 is 0 Å². The molecule has 0 aliphatic carbocycles. The first kappa shape index (κ1) is 18.2. The van der Waals surface area contributed by atoms with Crippen molar-refractivity contribution in [1.82, 2.24) is 20.3 Å². The molecule has 0 spiro atoms.